The molecule has 0 radical (unpaired) electrons. The summed E-state index contributed by atoms with van der Waals surface area (Å²) in [5.74, 6) is -1.08. The zero-order chi connectivity index (χ0) is 16.7. The molecule has 0 aromatic rings. The normalized spacial score (nSPS) is 15.7. The van der Waals surface area contributed by atoms with Gasteiger partial charge in [-0.15, -0.1) is 0 Å². The summed E-state index contributed by atoms with van der Waals surface area (Å²) in [4.78, 5) is 49.2. The maximum absolute atomic E-state index is 12.0. The Kier molecular flexibility index (Phi) is 6.55. The van der Waals surface area contributed by atoms with Crippen LogP contribution in [0.2, 0.25) is 0 Å². The third-order valence-electron chi connectivity index (χ3n) is 3.35. The molecule has 0 aromatic heterocycles. The maximum Gasteiger partial charge on any atom is 0.246 e. The molecule has 0 aliphatic carbocycles. The Hall–Kier alpha value is -2.38. The molecule has 0 unspecified atom stereocenters. The van der Waals surface area contributed by atoms with Crippen LogP contribution in [0.4, 0.5) is 0 Å². The number of carbonyl (C=O) groups excluding carboxylic acids is 4. The van der Waals surface area contributed by atoms with Crippen LogP contribution in [0.15, 0.2) is 12.7 Å². The molecule has 4 amide bonds. The van der Waals surface area contributed by atoms with Crippen molar-refractivity contribution in [1.29, 1.82) is 0 Å². The molecule has 22 heavy (non-hydrogen) atoms. The summed E-state index contributed by atoms with van der Waals surface area (Å²) in [5, 5.41) is 4.93. The van der Waals surface area contributed by atoms with Gasteiger partial charge in [0.1, 0.15) is 6.04 Å². The summed E-state index contributed by atoms with van der Waals surface area (Å²) in [6.07, 6.45) is 1.25. The van der Waals surface area contributed by atoms with Crippen LogP contribution in [-0.2, 0) is 19.2 Å². The lowest BCUT2D eigenvalue weighted by Gasteiger charge is -2.34. The SMILES string of the molecule is C=CC(=O)N1CCN(C(=O)CNC(=O)[C@H](C)NC(C)=O)CC1. The van der Waals surface area contributed by atoms with Gasteiger partial charge in [-0.2, -0.15) is 0 Å². The molecule has 122 valence electrons. The van der Waals surface area contributed by atoms with Crippen LogP contribution < -0.4 is 10.6 Å². The van der Waals surface area contributed by atoms with Crippen molar-refractivity contribution in [3.05, 3.63) is 12.7 Å². The van der Waals surface area contributed by atoms with E-state index in [1.54, 1.807) is 16.7 Å². The predicted octanol–water partition coefficient (Wildman–Crippen LogP) is -1.52. The second-order valence-corrected chi connectivity index (χ2v) is 5.05. The fourth-order valence-corrected chi connectivity index (χ4v) is 2.10. The molecular formula is C14H22N4O4. The van der Waals surface area contributed by atoms with E-state index < -0.39 is 11.9 Å². The van der Waals surface area contributed by atoms with E-state index in [2.05, 4.69) is 17.2 Å². The van der Waals surface area contributed by atoms with Gasteiger partial charge in [0, 0.05) is 33.1 Å². The summed E-state index contributed by atoms with van der Waals surface area (Å²) in [6, 6.07) is -0.688. The van der Waals surface area contributed by atoms with Gasteiger partial charge in [-0.1, -0.05) is 6.58 Å². The molecule has 8 heteroatoms. The molecule has 8 nitrogen and oxygen atoms in total. The molecule has 0 bridgehead atoms. The van der Waals surface area contributed by atoms with Crippen molar-refractivity contribution < 1.29 is 19.2 Å². The van der Waals surface area contributed by atoms with Gasteiger partial charge < -0.3 is 20.4 Å². The van der Waals surface area contributed by atoms with Crippen molar-refractivity contribution in [2.45, 2.75) is 19.9 Å². The molecule has 2 N–H and O–H groups in total. The van der Waals surface area contributed by atoms with Gasteiger partial charge in [0.2, 0.25) is 23.6 Å². The molecule has 1 fully saturated rings. The van der Waals surface area contributed by atoms with Gasteiger partial charge in [0.05, 0.1) is 6.54 Å². The molecule has 1 atom stereocenters. The highest BCUT2D eigenvalue weighted by Gasteiger charge is 2.23. The van der Waals surface area contributed by atoms with Crippen LogP contribution in [-0.4, -0.2) is 72.2 Å². The Bertz CT molecular complexity index is 469. The minimum atomic E-state index is -0.688. The maximum atomic E-state index is 12.0. The lowest BCUT2D eigenvalue weighted by molar-refractivity contribution is -0.137. The number of amides is 4. The lowest BCUT2D eigenvalue weighted by atomic mass is 10.3. The van der Waals surface area contributed by atoms with Crippen molar-refractivity contribution in [2.75, 3.05) is 32.7 Å². The highest BCUT2D eigenvalue weighted by atomic mass is 16.2. The van der Waals surface area contributed by atoms with Gasteiger partial charge in [-0.25, -0.2) is 0 Å². The molecule has 1 aliphatic heterocycles. The smallest absolute Gasteiger partial charge is 0.246 e. The van der Waals surface area contributed by atoms with Crippen molar-refractivity contribution in [1.82, 2.24) is 20.4 Å². The largest absolute Gasteiger partial charge is 0.345 e. The highest BCUT2D eigenvalue weighted by Crippen LogP contribution is 2.02. The topological polar surface area (TPSA) is 98.8 Å². The third kappa shape index (κ3) is 5.19. The highest BCUT2D eigenvalue weighted by molar-refractivity contribution is 5.90. The van der Waals surface area contributed by atoms with E-state index >= 15 is 0 Å². The first-order valence-corrected chi connectivity index (χ1v) is 7.09. The minimum Gasteiger partial charge on any atom is -0.345 e. The molecule has 1 saturated heterocycles. The van der Waals surface area contributed by atoms with Crippen LogP contribution in [0.3, 0.4) is 0 Å². The summed E-state index contributed by atoms with van der Waals surface area (Å²) in [5.41, 5.74) is 0. The average Bonchev–Trinajstić information content (AvgIpc) is 2.50. The first kappa shape index (κ1) is 17.7. The Morgan fingerprint density at radius 1 is 1.14 bits per heavy atom. The summed E-state index contributed by atoms with van der Waals surface area (Å²) in [6.45, 7) is 7.92. The molecule has 0 aromatic carbocycles. The van der Waals surface area contributed by atoms with Gasteiger partial charge in [0.25, 0.3) is 0 Å². The number of rotatable bonds is 5. The van der Waals surface area contributed by atoms with Crippen molar-refractivity contribution in [3.8, 4) is 0 Å². The van der Waals surface area contributed by atoms with Crippen molar-refractivity contribution >= 4 is 23.6 Å². The van der Waals surface area contributed by atoms with Crippen molar-refractivity contribution in [3.63, 3.8) is 0 Å². The minimum absolute atomic E-state index is 0.127. The number of piperazine rings is 1. The van der Waals surface area contributed by atoms with E-state index in [1.165, 1.54) is 13.0 Å². The van der Waals surface area contributed by atoms with Gasteiger partial charge in [-0.3, -0.25) is 19.2 Å². The van der Waals surface area contributed by atoms with Crippen LogP contribution >= 0.6 is 0 Å². The second-order valence-electron chi connectivity index (χ2n) is 5.05. The number of nitrogens with zero attached hydrogens (tertiary/aromatic N) is 2. The average molecular weight is 310 g/mol. The zero-order valence-corrected chi connectivity index (χ0v) is 12.9. The predicted molar refractivity (Wildman–Crippen MR) is 79.6 cm³/mol. The number of nitrogens with one attached hydrogen (secondary N) is 2. The van der Waals surface area contributed by atoms with Gasteiger partial charge in [0.15, 0.2) is 0 Å². The first-order chi connectivity index (χ1) is 10.3. The molecular weight excluding hydrogens is 288 g/mol. The Morgan fingerprint density at radius 2 is 1.68 bits per heavy atom. The van der Waals surface area contributed by atoms with Crippen molar-refractivity contribution in [2.24, 2.45) is 0 Å². The quantitative estimate of drug-likeness (QED) is 0.603. The third-order valence-corrected chi connectivity index (χ3v) is 3.35. The summed E-state index contributed by atoms with van der Waals surface area (Å²) >= 11 is 0. The molecule has 1 rings (SSSR count). The second kappa shape index (κ2) is 8.16. The van der Waals surface area contributed by atoms with E-state index in [4.69, 9.17) is 0 Å². The van der Waals surface area contributed by atoms with Crippen LogP contribution in [0.25, 0.3) is 0 Å². The Balaban J connectivity index is 2.35. The van der Waals surface area contributed by atoms with Crippen LogP contribution in [0.5, 0.6) is 0 Å². The van der Waals surface area contributed by atoms with Gasteiger partial charge in [-0.05, 0) is 13.0 Å². The van der Waals surface area contributed by atoms with Crippen LogP contribution in [0.1, 0.15) is 13.8 Å². The standard InChI is InChI=1S/C14H22N4O4/c1-4-12(20)17-5-7-18(8-6-17)13(21)9-15-14(22)10(2)16-11(3)19/h4,10H,1,5-9H2,2-3H3,(H,15,22)(H,16,19)/t10-/m0/s1. The van der Waals surface area contributed by atoms with Crippen LogP contribution in [0, 0.1) is 0 Å². The summed E-state index contributed by atoms with van der Waals surface area (Å²) < 4.78 is 0. The Labute approximate surface area is 129 Å². The molecule has 1 aliphatic rings. The van der Waals surface area contributed by atoms with E-state index in [0.29, 0.717) is 26.2 Å². The summed E-state index contributed by atoms with van der Waals surface area (Å²) in [7, 11) is 0. The fourth-order valence-electron chi connectivity index (χ4n) is 2.10. The number of hydrogen-bond donors (Lipinski definition) is 2. The zero-order valence-electron chi connectivity index (χ0n) is 12.9. The molecule has 0 spiro atoms. The molecule has 1 heterocycles. The fraction of sp³-hybridized carbons (Fsp3) is 0.571. The number of hydrogen-bond acceptors (Lipinski definition) is 4. The van der Waals surface area contributed by atoms with Gasteiger partial charge >= 0.3 is 0 Å². The number of carbonyl (C=O) groups is 4. The van der Waals surface area contributed by atoms with E-state index in [1.807, 2.05) is 0 Å². The van der Waals surface area contributed by atoms with E-state index in [0.717, 1.165) is 0 Å². The Morgan fingerprint density at radius 3 is 2.18 bits per heavy atom. The monoisotopic (exact) mass is 310 g/mol. The van der Waals surface area contributed by atoms with E-state index in [-0.39, 0.29) is 24.3 Å². The molecule has 0 saturated carbocycles. The first-order valence-electron chi connectivity index (χ1n) is 7.09. The lowest BCUT2D eigenvalue weighted by Crippen LogP contribution is -2.53. The van der Waals surface area contributed by atoms with E-state index in [9.17, 15) is 19.2 Å².